The molecule has 2 aromatic rings. The van der Waals surface area contributed by atoms with Crippen LogP contribution in [0.25, 0.3) is 0 Å². The molecule has 0 amide bonds. The lowest BCUT2D eigenvalue weighted by molar-refractivity contribution is 0.329. The fraction of sp³-hybridized carbons (Fsp3) is 0.579. The molecule has 4 heteroatoms. The summed E-state index contributed by atoms with van der Waals surface area (Å²) in [5, 5.41) is 8.38. The van der Waals surface area contributed by atoms with Crippen molar-refractivity contribution in [2.45, 2.75) is 65.8 Å². The number of aromatic nitrogens is 3. The highest BCUT2D eigenvalue weighted by Crippen LogP contribution is 2.34. The molecule has 0 saturated carbocycles. The van der Waals surface area contributed by atoms with Crippen LogP contribution in [0.15, 0.2) is 24.4 Å². The Hall–Kier alpha value is -1.84. The average Bonchev–Trinajstić information content (AvgIpc) is 2.94. The van der Waals surface area contributed by atoms with Crippen LogP contribution < -0.4 is 4.74 Å². The zero-order valence-corrected chi connectivity index (χ0v) is 15.3. The van der Waals surface area contributed by atoms with Crippen LogP contribution in [-0.4, -0.2) is 21.6 Å². The number of aryl methyl sites for hydroxylation is 1. The van der Waals surface area contributed by atoms with Crippen molar-refractivity contribution in [2.24, 2.45) is 0 Å². The van der Waals surface area contributed by atoms with E-state index in [-0.39, 0.29) is 5.41 Å². The van der Waals surface area contributed by atoms with E-state index in [0.717, 1.165) is 24.4 Å². The fourth-order valence-electron chi connectivity index (χ4n) is 2.74. The molecule has 0 fully saturated rings. The van der Waals surface area contributed by atoms with Crippen molar-refractivity contribution in [3.8, 4) is 5.75 Å². The largest absolute Gasteiger partial charge is 0.494 e. The average molecular weight is 315 g/mol. The number of nitrogens with zero attached hydrogens (tertiary/aromatic N) is 3. The van der Waals surface area contributed by atoms with E-state index in [1.54, 1.807) is 0 Å². The first kappa shape index (κ1) is 17.5. The van der Waals surface area contributed by atoms with Gasteiger partial charge in [0.15, 0.2) is 0 Å². The molecule has 0 radical (unpaired) electrons. The van der Waals surface area contributed by atoms with Gasteiger partial charge in [0.05, 0.1) is 12.3 Å². The second-order valence-corrected chi connectivity index (χ2v) is 7.11. The minimum Gasteiger partial charge on any atom is -0.494 e. The Bertz CT molecular complexity index is 640. The molecule has 4 nitrogen and oxygen atoms in total. The Labute approximate surface area is 139 Å². The summed E-state index contributed by atoms with van der Waals surface area (Å²) in [5.74, 6) is 1.39. The maximum Gasteiger partial charge on any atom is 0.123 e. The standard InChI is InChI=1S/C19H29N3O/c1-7-22-13-16(20-21-22)11-14(3)15-9-10-18(23-8-2)17(12-15)19(4,5)6/h9-10,12-14H,7-8,11H2,1-6H3. The molecule has 0 spiro atoms. The molecule has 0 aliphatic rings. The molecular weight excluding hydrogens is 286 g/mol. The summed E-state index contributed by atoms with van der Waals surface area (Å²) < 4.78 is 7.68. The van der Waals surface area contributed by atoms with Gasteiger partial charge in [-0.1, -0.05) is 45.0 Å². The number of hydrogen-bond acceptors (Lipinski definition) is 3. The van der Waals surface area contributed by atoms with Gasteiger partial charge in [-0.05, 0) is 48.8 Å². The van der Waals surface area contributed by atoms with Gasteiger partial charge in [0.1, 0.15) is 5.75 Å². The first-order chi connectivity index (χ1) is 10.8. The van der Waals surface area contributed by atoms with Crippen LogP contribution in [0.5, 0.6) is 5.75 Å². The summed E-state index contributed by atoms with van der Waals surface area (Å²) in [6.07, 6.45) is 2.94. The molecule has 1 aromatic heterocycles. The van der Waals surface area contributed by atoms with Crippen LogP contribution in [0.3, 0.4) is 0 Å². The summed E-state index contributed by atoms with van der Waals surface area (Å²) in [6, 6.07) is 6.58. The Morgan fingerprint density at radius 2 is 1.96 bits per heavy atom. The molecule has 23 heavy (non-hydrogen) atoms. The van der Waals surface area contributed by atoms with Crippen molar-refractivity contribution in [3.05, 3.63) is 41.2 Å². The van der Waals surface area contributed by atoms with Gasteiger partial charge < -0.3 is 4.74 Å². The predicted molar refractivity (Wildman–Crippen MR) is 94.1 cm³/mol. The van der Waals surface area contributed by atoms with Gasteiger partial charge >= 0.3 is 0 Å². The fourth-order valence-corrected chi connectivity index (χ4v) is 2.74. The summed E-state index contributed by atoms with van der Waals surface area (Å²) in [6.45, 7) is 14.6. The maximum atomic E-state index is 5.81. The topological polar surface area (TPSA) is 39.9 Å². The minimum absolute atomic E-state index is 0.0611. The normalized spacial score (nSPS) is 13.1. The second-order valence-electron chi connectivity index (χ2n) is 7.11. The van der Waals surface area contributed by atoms with E-state index in [1.807, 2.05) is 17.8 Å². The zero-order chi connectivity index (χ0) is 17.0. The highest BCUT2D eigenvalue weighted by atomic mass is 16.5. The minimum atomic E-state index is 0.0611. The Balaban J connectivity index is 2.24. The van der Waals surface area contributed by atoms with Crippen molar-refractivity contribution in [1.29, 1.82) is 0 Å². The van der Waals surface area contributed by atoms with Crippen molar-refractivity contribution >= 4 is 0 Å². The molecular formula is C19H29N3O. The van der Waals surface area contributed by atoms with Gasteiger partial charge in [0, 0.05) is 12.7 Å². The molecule has 1 unspecified atom stereocenters. The highest BCUT2D eigenvalue weighted by molar-refractivity contribution is 5.42. The van der Waals surface area contributed by atoms with Crippen LogP contribution in [0, 0.1) is 0 Å². The second kappa shape index (κ2) is 7.16. The van der Waals surface area contributed by atoms with Crippen molar-refractivity contribution < 1.29 is 4.74 Å². The van der Waals surface area contributed by atoms with Gasteiger partial charge in [0.25, 0.3) is 0 Å². The molecule has 1 atom stereocenters. The number of hydrogen-bond donors (Lipinski definition) is 0. The lowest BCUT2D eigenvalue weighted by atomic mass is 9.83. The molecule has 2 rings (SSSR count). The molecule has 1 aromatic carbocycles. The summed E-state index contributed by atoms with van der Waals surface area (Å²) >= 11 is 0. The third-order valence-electron chi connectivity index (χ3n) is 4.11. The van der Waals surface area contributed by atoms with E-state index in [0.29, 0.717) is 12.5 Å². The number of rotatable bonds is 6. The monoisotopic (exact) mass is 315 g/mol. The van der Waals surface area contributed by atoms with E-state index in [1.165, 1.54) is 11.1 Å². The van der Waals surface area contributed by atoms with Crippen molar-refractivity contribution in [3.63, 3.8) is 0 Å². The zero-order valence-electron chi connectivity index (χ0n) is 15.3. The van der Waals surface area contributed by atoms with Crippen LogP contribution in [-0.2, 0) is 18.4 Å². The highest BCUT2D eigenvalue weighted by Gasteiger charge is 2.21. The van der Waals surface area contributed by atoms with Crippen LogP contribution in [0.1, 0.15) is 64.3 Å². The summed E-state index contributed by atoms with van der Waals surface area (Å²) in [7, 11) is 0. The number of ether oxygens (including phenoxy) is 1. The molecule has 0 aliphatic heterocycles. The SMILES string of the molecule is CCOc1ccc(C(C)Cc2cn(CC)nn2)cc1C(C)(C)C. The first-order valence-electron chi connectivity index (χ1n) is 8.51. The van der Waals surface area contributed by atoms with E-state index in [9.17, 15) is 0 Å². The Morgan fingerprint density at radius 1 is 1.22 bits per heavy atom. The van der Waals surface area contributed by atoms with Crippen LogP contribution in [0.4, 0.5) is 0 Å². The van der Waals surface area contributed by atoms with Crippen LogP contribution >= 0.6 is 0 Å². The van der Waals surface area contributed by atoms with Gasteiger partial charge in [0.2, 0.25) is 0 Å². The molecule has 1 heterocycles. The molecule has 0 saturated heterocycles. The summed E-state index contributed by atoms with van der Waals surface area (Å²) in [5.41, 5.74) is 3.70. The van der Waals surface area contributed by atoms with Crippen molar-refractivity contribution in [1.82, 2.24) is 15.0 Å². The van der Waals surface area contributed by atoms with Crippen molar-refractivity contribution in [2.75, 3.05) is 6.61 Å². The summed E-state index contributed by atoms with van der Waals surface area (Å²) in [4.78, 5) is 0. The van der Waals surface area contributed by atoms with E-state index in [2.05, 4.69) is 63.1 Å². The Kier molecular flexibility index (Phi) is 5.45. The molecule has 126 valence electrons. The van der Waals surface area contributed by atoms with Gasteiger partial charge in [-0.15, -0.1) is 5.10 Å². The quantitative estimate of drug-likeness (QED) is 0.796. The number of benzene rings is 1. The van der Waals surface area contributed by atoms with Gasteiger partial charge in [-0.25, -0.2) is 0 Å². The molecule has 0 aliphatic carbocycles. The van der Waals surface area contributed by atoms with Gasteiger partial charge in [-0.2, -0.15) is 0 Å². The lowest BCUT2D eigenvalue weighted by Gasteiger charge is -2.24. The third kappa shape index (κ3) is 4.34. The molecule has 0 bridgehead atoms. The maximum absolute atomic E-state index is 5.81. The lowest BCUT2D eigenvalue weighted by Crippen LogP contribution is -2.14. The first-order valence-corrected chi connectivity index (χ1v) is 8.51. The van der Waals surface area contributed by atoms with Crippen LogP contribution in [0.2, 0.25) is 0 Å². The van der Waals surface area contributed by atoms with E-state index >= 15 is 0 Å². The van der Waals surface area contributed by atoms with E-state index < -0.39 is 0 Å². The Morgan fingerprint density at radius 3 is 2.52 bits per heavy atom. The van der Waals surface area contributed by atoms with E-state index in [4.69, 9.17) is 4.74 Å². The molecule has 0 N–H and O–H groups in total. The van der Waals surface area contributed by atoms with Gasteiger partial charge in [-0.3, -0.25) is 4.68 Å². The third-order valence-corrected chi connectivity index (χ3v) is 4.11. The predicted octanol–water partition coefficient (Wildman–Crippen LogP) is 4.34. The smallest absolute Gasteiger partial charge is 0.123 e.